The standard InChI is InChI=1S/C18H23NO4/c1-5-15(20)16-14(19(16)17(21)23-18(2,3)4)12-22-11-13-9-7-6-8-10-13/h1,6-10,14-16,20H,11-12H2,2-4H3/t14-,15+,16+,19?/m0/s1. The summed E-state index contributed by atoms with van der Waals surface area (Å²) < 4.78 is 11.0. The minimum Gasteiger partial charge on any atom is -0.444 e. The van der Waals surface area contributed by atoms with Crippen LogP contribution in [0.25, 0.3) is 0 Å². The molecule has 124 valence electrons. The molecule has 23 heavy (non-hydrogen) atoms. The van der Waals surface area contributed by atoms with Gasteiger partial charge in [-0.3, -0.25) is 4.90 Å². The fourth-order valence-corrected chi connectivity index (χ4v) is 2.38. The number of hydrogen-bond acceptors (Lipinski definition) is 4. The molecule has 1 aliphatic rings. The topological polar surface area (TPSA) is 58.8 Å². The highest BCUT2D eigenvalue weighted by Gasteiger charge is 2.56. The Hall–Kier alpha value is -2.03. The molecule has 0 unspecified atom stereocenters. The summed E-state index contributed by atoms with van der Waals surface area (Å²) in [7, 11) is 0. The van der Waals surface area contributed by atoms with Crippen LogP contribution in [0.15, 0.2) is 30.3 Å². The Morgan fingerprint density at radius 1 is 1.39 bits per heavy atom. The van der Waals surface area contributed by atoms with Gasteiger partial charge in [-0.2, -0.15) is 0 Å². The maximum Gasteiger partial charge on any atom is 0.411 e. The number of aliphatic hydroxyl groups excluding tert-OH is 1. The van der Waals surface area contributed by atoms with Gasteiger partial charge in [-0.05, 0) is 26.3 Å². The fourth-order valence-electron chi connectivity index (χ4n) is 2.38. The van der Waals surface area contributed by atoms with E-state index in [1.54, 1.807) is 20.8 Å². The van der Waals surface area contributed by atoms with Crippen molar-refractivity contribution >= 4 is 6.09 Å². The van der Waals surface area contributed by atoms with Gasteiger partial charge in [0.1, 0.15) is 11.7 Å². The average molecular weight is 317 g/mol. The Kier molecular flexibility index (Phi) is 5.30. The third-order valence-corrected chi connectivity index (χ3v) is 3.48. The van der Waals surface area contributed by atoms with Crippen molar-refractivity contribution in [2.24, 2.45) is 0 Å². The van der Waals surface area contributed by atoms with Crippen molar-refractivity contribution in [2.75, 3.05) is 6.61 Å². The monoisotopic (exact) mass is 317 g/mol. The minimum atomic E-state index is -1.02. The first-order valence-electron chi connectivity index (χ1n) is 7.60. The number of amides is 1. The van der Waals surface area contributed by atoms with E-state index >= 15 is 0 Å². The molecule has 5 heteroatoms. The maximum atomic E-state index is 12.2. The zero-order valence-electron chi connectivity index (χ0n) is 13.7. The van der Waals surface area contributed by atoms with Crippen LogP contribution in [0.5, 0.6) is 0 Å². The Balaban J connectivity index is 1.90. The molecular weight excluding hydrogens is 294 g/mol. The van der Waals surface area contributed by atoms with Gasteiger partial charge in [-0.25, -0.2) is 4.79 Å². The lowest BCUT2D eigenvalue weighted by Crippen LogP contribution is -2.30. The first kappa shape index (κ1) is 17.3. The number of rotatable bonds is 5. The van der Waals surface area contributed by atoms with Crippen LogP contribution in [0.3, 0.4) is 0 Å². The molecule has 0 aromatic heterocycles. The molecule has 5 nitrogen and oxygen atoms in total. The number of carbonyl (C=O) groups excluding carboxylic acids is 1. The van der Waals surface area contributed by atoms with Crippen molar-refractivity contribution in [3.8, 4) is 12.3 Å². The summed E-state index contributed by atoms with van der Waals surface area (Å²) in [6.45, 7) is 6.13. The number of nitrogens with zero attached hydrogens (tertiary/aromatic N) is 1. The highest BCUT2D eigenvalue weighted by Crippen LogP contribution is 2.33. The first-order chi connectivity index (χ1) is 10.8. The molecular formula is C18H23NO4. The summed E-state index contributed by atoms with van der Waals surface area (Å²) >= 11 is 0. The largest absolute Gasteiger partial charge is 0.444 e. The van der Waals surface area contributed by atoms with E-state index in [0.717, 1.165) is 5.56 Å². The Labute approximate surface area is 137 Å². The summed E-state index contributed by atoms with van der Waals surface area (Å²) in [5.74, 6) is 2.26. The molecule has 1 heterocycles. The zero-order valence-corrected chi connectivity index (χ0v) is 13.7. The number of ether oxygens (including phenoxy) is 2. The van der Waals surface area contributed by atoms with Crippen LogP contribution >= 0.6 is 0 Å². The van der Waals surface area contributed by atoms with Crippen LogP contribution in [0.4, 0.5) is 4.79 Å². The van der Waals surface area contributed by atoms with Crippen molar-refractivity contribution in [3.63, 3.8) is 0 Å². The summed E-state index contributed by atoms with van der Waals surface area (Å²) in [4.78, 5) is 13.6. The van der Waals surface area contributed by atoms with Crippen LogP contribution in [0, 0.1) is 12.3 Å². The lowest BCUT2D eigenvalue weighted by Gasteiger charge is -2.20. The molecule has 3 atom stereocenters. The van der Waals surface area contributed by atoms with E-state index in [0.29, 0.717) is 13.2 Å². The van der Waals surface area contributed by atoms with E-state index in [9.17, 15) is 9.90 Å². The Bertz CT molecular complexity index is 573. The van der Waals surface area contributed by atoms with Gasteiger partial charge in [0.05, 0.1) is 25.3 Å². The van der Waals surface area contributed by atoms with Crippen LogP contribution in [-0.4, -0.2) is 46.5 Å². The van der Waals surface area contributed by atoms with Crippen molar-refractivity contribution < 1.29 is 19.4 Å². The quantitative estimate of drug-likeness (QED) is 0.668. The number of benzene rings is 1. The van der Waals surface area contributed by atoms with E-state index in [1.807, 2.05) is 30.3 Å². The molecule has 0 radical (unpaired) electrons. The number of carbonyl (C=O) groups is 1. The van der Waals surface area contributed by atoms with E-state index in [-0.39, 0.29) is 6.04 Å². The second kappa shape index (κ2) is 7.03. The molecule has 1 aliphatic heterocycles. The summed E-state index contributed by atoms with van der Waals surface area (Å²) in [5.41, 5.74) is 0.451. The first-order valence-corrected chi connectivity index (χ1v) is 7.60. The van der Waals surface area contributed by atoms with Gasteiger partial charge in [-0.1, -0.05) is 36.3 Å². The third kappa shape index (κ3) is 4.72. The molecule has 0 spiro atoms. The van der Waals surface area contributed by atoms with Crippen molar-refractivity contribution in [2.45, 2.75) is 51.2 Å². The minimum absolute atomic E-state index is 0.264. The third-order valence-electron chi connectivity index (χ3n) is 3.48. The molecule has 0 aliphatic carbocycles. The van der Waals surface area contributed by atoms with Gasteiger partial charge in [0.25, 0.3) is 0 Å². The number of aliphatic hydroxyl groups is 1. The summed E-state index contributed by atoms with van der Waals surface area (Å²) in [6, 6.07) is 9.03. The molecule has 1 saturated heterocycles. The van der Waals surface area contributed by atoms with Gasteiger partial charge in [0.2, 0.25) is 0 Å². The van der Waals surface area contributed by atoms with Crippen molar-refractivity contribution in [1.82, 2.24) is 4.90 Å². The number of hydrogen-bond donors (Lipinski definition) is 1. The van der Waals surface area contributed by atoms with Gasteiger partial charge < -0.3 is 14.6 Å². The van der Waals surface area contributed by atoms with Crippen LogP contribution < -0.4 is 0 Å². The molecule has 2 rings (SSSR count). The zero-order chi connectivity index (χ0) is 17.0. The maximum absolute atomic E-state index is 12.2. The molecule has 0 saturated carbocycles. The van der Waals surface area contributed by atoms with Crippen LogP contribution in [0.2, 0.25) is 0 Å². The van der Waals surface area contributed by atoms with E-state index in [4.69, 9.17) is 15.9 Å². The van der Waals surface area contributed by atoms with E-state index in [1.165, 1.54) is 4.90 Å². The number of terminal acetylenes is 1. The Morgan fingerprint density at radius 2 is 2.04 bits per heavy atom. The lowest BCUT2D eigenvalue weighted by molar-refractivity contribution is 0.0345. The highest BCUT2D eigenvalue weighted by molar-refractivity contribution is 5.73. The molecule has 1 N–H and O–H groups in total. The normalized spacial score (nSPS) is 21.4. The molecule has 1 aromatic carbocycles. The second-order valence-corrected chi connectivity index (χ2v) is 6.56. The predicted molar refractivity (Wildman–Crippen MR) is 86.6 cm³/mol. The fraction of sp³-hybridized carbons (Fsp3) is 0.500. The van der Waals surface area contributed by atoms with Gasteiger partial charge >= 0.3 is 6.09 Å². The highest BCUT2D eigenvalue weighted by atomic mass is 16.6. The summed E-state index contributed by atoms with van der Waals surface area (Å²) in [6.07, 6.45) is 3.76. The van der Waals surface area contributed by atoms with Crippen LogP contribution in [0.1, 0.15) is 26.3 Å². The predicted octanol–water partition coefficient (Wildman–Crippen LogP) is 2.19. The molecule has 0 bridgehead atoms. The van der Waals surface area contributed by atoms with Gasteiger partial charge in [0.15, 0.2) is 0 Å². The average Bonchev–Trinajstić information content (AvgIpc) is 3.20. The second-order valence-electron chi connectivity index (χ2n) is 6.56. The molecule has 1 fully saturated rings. The molecule has 1 amide bonds. The van der Waals surface area contributed by atoms with E-state index < -0.39 is 23.8 Å². The lowest BCUT2D eigenvalue weighted by atomic mass is 10.2. The smallest absolute Gasteiger partial charge is 0.411 e. The summed E-state index contributed by atoms with van der Waals surface area (Å²) in [5, 5.41) is 9.86. The van der Waals surface area contributed by atoms with Crippen LogP contribution in [-0.2, 0) is 16.1 Å². The SMILES string of the molecule is C#C[C@@H](O)[C@H]1[C@H](COCc2ccccc2)N1C(=O)OC(C)(C)C. The van der Waals surface area contributed by atoms with Gasteiger partial charge in [0, 0.05) is 0 Å². The molecule has 1 aromatic rings. The van der Waals surface area contributed by atoms with Crippen molar-refractivity contribution in [3.05, 3.63) is 35.9 Å². The van der Waals surface area contributed by atoms with E-state index in [2.05, 4.69) is 5.92 Å². The van der Waals surface area contributed by atoms with Gasteiger partial charge in [-0.15, -0.1) is 6.42 Å². The Morgan fingerprint density at radius 3 is 2.61 bits per heavy atom. The van der Waals surface area contributed by atoms with Crippen molar-refractivity contribution in [1.29, 1.82) is 0 Å².